The van der Waals surface area contributed by atoms with Crippen LogP contribution in [0.1, 0.15) is 30.1 Å². The number of rotatable bonds is 5. The Labute approximate surface area is 210 Å². The number of piperazine rings is 1. The van der Waals surface area contributed by atoms with E-state index in [0.29, 0.717) is 50.7 Å². The van der Waals surface area contributed by atoms with E-state index in [0.717, 1.165) is 33.9 Å². The number of sulfonamides is 1. The van der Waals surface area contributed by atoms with Crippen molar-refractivity contribution in [3.05, 3.63) is 48.0 Å². The lowest BCUT2D eigenvalue weighted by Crippen LogP contribution is -2.48. The van der Waals surface area contributed by atoms with Gasteiger partial charge in [0.25, 0.3) is 5.91 Å². The topological polar surface area (TPSA) is 83.0 Å². The zero-order valence-electron chi connectivity index (χ0n) is 20.0. The molecule has 0 spiro atoms. The Morgan fingerprint density at radius 1 is 1.00 bits per heavy atom. The molecule has 10 heteroatoms. The number of methoxy groups -OCH3 is 1. The average Bonchev–Trinajstić information content (AvgIpc) is 3.32. The number of carbonyl (C=O) groups is 1. The second kappa shape index (κ2) is 9.75. The molecule has 0 N–H and O–H groups in total. The number of hydrogen-bond donors (Lipinski definition) is 0. The summed E-state index contributed by atoms with van der Waals surface area (Å²) in [4.78, 5) is 22.1. The number of nitrogens with zero attached hydrogens (tertiary/aromatic N) is 4. The number of ether oxygens (including phenoxy) is 1. The molecular formula is C25H30N4O4S2. The number of hydrogen-bond acceptors (Lipinski definition) is 7. The summed E-state index contributed by atoms with van der Waals surface area (Å²) < 4.78 is 33.9. The number of aromatic nitrogens is 1. The van der Waals surface area contributed by atoms with Crippen LogP contribution in [0.15, 0.2) is 47.4 Å². The predicted octanol–water partition coefficient (Wildman–Crippen LogP) is 3.69. The molecule has 2 aromatic carbocycles. The summed E-state index contributed by atoms with van der Waals surface area (Å²) >= 11 is 1.63. The number of anilines is 1. The molecule has 0 radical (unpaired) electrons. The Kier molecular flexibility index (Phi) is 6.69. The third kappa shape index (κ3) is 4.87. The van der Waals surface area contributed by atoms with Gasteiger partial charge in [-0.15, -0.1) is 0 Å². The first kappa shape index (κ1) is 24.0. The van der Waals surface area contributed by atoms with Crippen molar-refractivity contribution < 1.29 is 17.9 Å². The van der Waals surface area contributed by atoms with Crippen LogP contribution in [-0.2, 0) is 10.0 Å². The first-order chi connectivity index (χ1) is 16.8. The van der Waals surface area contributed by atoms with Gasteiger partial charge in [-0.2, -0.15) is 4.31 Å². The van der Waals surface area contributed by atoms with Crippen LogP contribution in [0, 0.1) is 5.92 Å². The van der Waals surface area contributed by atoms with Gasteiger partial charge in [0.2, 0.25) is 10.0 Å². The van der Waals surface area contributed by atoms with E-state index in [4.69, 9.17) is 9.72 Å². The number of fused-ring (bicyclic) bond motifs is 1. The summed E-state index contributed by atoms with van der Waals surface area (Å²) in [6, 6.07) is 12.3. The van der Waals surface area contributed by atoms with Crippen molar-refractivity contribution in [2.75, 3.05) is 51.3 Å². The molecule has 0 atom stereocenters. The second-order valence-electron chi connectivity index (χ2n) is 9.22. The molecule has 8 nitrogen and oxygen atoms in total. The predicted molar refractivity (Wildman–Crippen MR) is 138 cm³/mol. The van der Waals surface area contributed by atoms with Crippen LogP contribution in [0.3, 0.4) is 0 Å². The van der Waals surface area contributed by atoms with Gasteiger partial charge in [0.1, 0.15) is 5.75 Å². The first-order valence-corrected chi connectivity index (χ1v) is 14.2. The smallest absolute Gasteiger partial charge is 0.253 e. The summed E-state index contributed by atoms with van der Waals surface area (Å²) in [5.41, 5.74) is 1.45. The minimum Gasteiger partial charge on any atom is -0.497 e. The van der Waals surface area contributed by atoms with E-state index in [2.05, 4.69) is 11.8 Å². The molecule has 1 amide bonds. The molecule has 186 valence electrons. The Morgan fingerprint density at radius 2 is 1.69 bits per heavy atom. The van der Waals surface area contributed by atoms with Crippen molar-refractivity contribution >= 4 is 42.6 Å². The Balaban J connectivity index is 1.22. The van der Waals surface area contributed by atoms with E-state index < -0.39 is 10.0 Å². The molecule has 3 aromatic rings. The Hall–Kier alpha value is -2.69. The molecule has 2 saturated heterocycles. The molecule has 0 bridgehead atoms. The first-order valence-electron chi connectivity index (χ1n) is 11.9. The fourth-order valence-corrected chi connectivity index (χ4v) is 7.10. The maximum absolute atomic E-state index is 13.1. The maximum Gasteiger partial charge on any atom is 0.253 e. The van der Waals surface area contributed by atoms with Crippen molar-refractivity contribution in [2.24, 2.45) is 5.92 Å². The highest BCUT2D eigenvalue weighted by Gasteiger charge is 2.29. The van der Waals surface area contributed by atoms with Gasteiger partial charge >= 0.3 is 0 Å². The van der Waals surface area contributed by atoms with E-state index in [-0.39, 0.29) is 10.8 Å². The van der Waals surface area contributed by atoms with Gasteiger partial charge in [0.15, 0.2) is 5.13 Å². The molecule has 0 unspecified atom stereocenters. The number of piperidine rings is 1. The normalized spacial score (nSPS) is 18.2. The van der Waals surface area contributed by atoms with Crippen molar-refractivity contribution in [3.63, 3.8) is 0 Å². The van der Waals surface area contributed by atoms with Crippen molar-refractivity contribution in [1.82, 2.24) is 14.2 Å². The van der Waals surface area contributed by atoms with Crippen LogP contribution < -0.4 is 9.64 Å². The van der Waals surface area contributed by atoms with E-state index in [1.165, 1.54) is 0 Å². The SMILES string of the molecule is COc1ccc2nc(N3CCN(C(=O)c4ccc(S(=O)(=O)N5CCC(C)CC5)cc4)CC3)sc2c1. The van der Waals surface area contributed by atoms with Crippen LogP contribution in [0.2, 0.25) is 0 Å². The molecule has 1 aromatic heterocycles. The molecule has 2 aliphatic rings. The summed E-state index contributed by atoms with van der Waals surface area (Å²) in [5.74, 6) is 1.29. The molecule has 2 aliphatic heterocycles. The third-order valence-corrected chi connectivity index (χ3v) is 9.90. The van der Waals surface area contributed by atoms with Crippen LogP contribution in [0.25, 0.3) is 10.2 Å². The van der Waals surface area contributed by atoms with Gasteiger partial charge in [-0.25, -0.2) is 13.4 Å². The Morgan fingerprint density at radius 3 is 2.34 bits per heavy atom. The lowest BCUT2D eigenvalue weighted by Gasteiger charge is -2.34. The molecule has 5 rings (SSSR count). The van der Waals surface area contributed by atoms with Gasteiger partial charge in [-0.05, 0) is 61.2 Å². The van der Waals surface area contributed by atoms with Gasteiger partial charge < -0.3 is 14.5 Å². The molecule has 3 heterocycles. The van der Waals surface area contributed by atoms with Crippen LogP contribution in [-0.4, -0.2) is 74.9 Å². The van der Waals surface area contributed by atoms with E-state index in [9.17, 15) is 13.2 Å². The van der Waals surface area contributed by atoms with Gasteiger partial charge in [-0.3, -0.25) is 4.79 Å². The van der Waals surface area contributed by atoms with E-state index in [1.807, 2.05) is 23.1 Å². The number of carbonyl (C=O) groups excluding carboxylic acids is 1. The fourth-order valence-electron chi connectivity index (χ4n) is 4.58. The van der Waals surface area contributed by atoms with Gasteiger partial charge in [-0.1, -0.05) is 18.3 Å². The van der Waals surface area contributed by atoms with Crippen molar-refractivity contribution in [1.29, 1.82) is 0 Å². The molecule has 0 saturated carbocycles. The summed E-state index contributed by atoms with van der Waals surface area (Å²) in [6.45, 7) is 5.83. The minimum absolute atomic E-state index is 0.0746. The number of benzene rings is 2. The summed E-state index contributed by atoms with van der Waals surface area (Å²) in [5, 5.41) is 0.946. The second-order valence-corrected chi connectivity index (χ2v) is 12.2. The zero-order chi connectivity index (χ0) is 24.6. The maximum atomic E-state index is 13.1. The van der Waals surface area contributed by atoms with Crippen molar-refractivity contribution in [3.8, 4) is 5.75 Å². The molecule has 35 heavy (non-hydrogen) atoms. The van der Waals surface area contributed by atoms with Crippen LogP contribution in [0.5, 0.6) is 5.75 Å². The standard InChI is InChI=1S/C25H30N4O4S2/c1-18-9-11-29(12-10-18)35(31,32)21-6-3-19(4-7-21)24(30)27-13-15-28(16-14-27)25-26-22-8-5-20(33-2)17-23(22)34-25/h3-8,17-18H,9-16H2,1-2H3. The third-order valence-electron chi connectivity index (χ3n) is 6.90. The zero-order valence-corrected chi connectivity index (χ0v) is 21.6. The van der Waals surface area contributed by atoms with E-state index >= 15 is 0 Å². The quantitative estimate of drug-likeness (QED) is 0.517. The lowest BCUT2D eigenvalue weighted by molar-refractivity contribution is 0.0746. The highest BCUT2D eigenvalue weighted by molar-refractivity contribution is 7.89. The van der Waals surface area contributed by atoms with Gasteiger partial charge in [0.05, 0.1) is 22.2 Å². The van der Waals surface area contributed by atoms with Crippen molar-refractivity contribution in [2.45, 2.75) is 24.7 Å². The highest BCUT2D eigenvalue weighted by Crippen LogP contribution is 2.32. The van der Waals surface area contributed by atoms with Crippen LogP contribution in [0.4, 0.5) is 5.13 Å². The summed E-state index contributed by atoms with van der Waals surface area (Å²) in [7, 11) is -1.86. The monoisotopic (exact) mass is 514 g/mol. The van der Waals surface area contributed by atoms with Gasteiger partial charge in [0, 0.05) is 44.8 Å². The highest BCUT2D eigenvalue weighted by atomic mass is 32.2. The summed E-state index contributed by atoms with van der Waals surface area (Å²) in [6.07, 6.45) is 1.76. The molecular weight excluding hydrogens is 484 g/mol. The average molecular weight is 515 g/mol. The van der Waals surface area contributed by atoms with Crippen LogP contribution >= 0.6 is 11.3 Å². The Bertz CT molecular complexity index is 1310. The molecule has 0 aliphatic carbocycles. The van der Waals surface area contributed by atoms with E-state index in [1.54, 1.807) is 47.0 Å². The fraction of sp³-hybridized carbons (Fsp3) is 0.440. The minimum atomic E-state index is -3.52. The number of amides is 1. The largest absolute Gasteiger partial charge is 0.497 e. The number of thiazole rings is 1. The lowest BCUT2D eigenvalue weighted by atomic mass is 10.0. The molecule has 2 fully saturated rings.